The molecule has 0 aliphatic rings. The summed E-state index contributed by atoms with van der Waals surface area (Å²) in [5.41, 5.74) is -3.61. The molecule has 2 unspecified atom stereocenters. The lowest BCUT2D eigenvalue weighted by Crippen LogP contribution is -2.64. The van der Waals surface area contributed by atoms with Crippen LogP contribution in [0.15, 0.2) is 121 Å². The molecule has 2 atom stereocenters. The smallest absolute Gasteiger partial charge is 0.235 e. The Labute approximate surface area is 280 Å². The second-order valence-electron chi connectivity index (χ2n) is 15.2. The van der Waals surface area contributed by atoms with E-state index in [0.717, 1.165) is 0 Å². The molecule has 0 aliphatic heterocycles. The van der Waals surface area contributed by atoms with Crippen molar-refractivity contribution in [3.8, 4) is 0 Å². The Hall–Kier alpha value is -4.26. The van der Waals surface area contributed by atoms with Gasteiger partial charge in [-0.25, -0.2) is 0 Å². The second-order valence-corrected chi connectivity index (χ2v) is 15.2. The average Bonchev–Trinajstić information content (AvgIpc) is 3.05. The number of rotatable bonds is 10. The van der Waals surface area contributed by atoms with Crippen LogP contribution in [0.5, 0.6) is 0 Å². The predicted octanol–water partition coefficient (Wildman–Crippen LogP) is 6.95. The van der Waals surface area contributed by atoms with Crippen molar-refractivity contribution in [3.05, 3.63) is 144 Å². The van der Waals surface area contributed by atoms with Crippen molar-refractivity contribution >= 4 is 11.8 Å². The van der Waals surface area contributed by atoms with Crippen molar-refractivity contribution in [1.82, 2.24) is 10.6 Å². The average molecular weight is 635 g/mol. The molecule has 0 fully saturated rings. The zero-order chi connectivity index (χ0) is 34.7. The third-order valence-corrected chi connectivity index (χ3v) is 9.11. The summed E-state index contributed by atoms with van der Waals surface area (Å²) in [6.07, 6.45) is 0. The SMILES string of the molecule is CC(C)(C(=O)NC(C(C)(C)C)C(O)(c1ccccc1)c1ccccc1)C(=O)NC(C(C)(C)C)C(O)(c1ccccc1)c1ccccc1. The van der Waals surface area contributed by atoms with Gasteiger partial charge in [0.15, 0.2) is 0 Å². The molecule has 4 aromatic carbocycles. The van der Waals surface area contributed by atoms with E-state index >= 15 is 0 Å². The van der Waals surface area contributed by atoms with Crippen molar-refractivity contribution in [3.63, 3.8) is 0 Å². The van der Waals surface area contributed by atoms with E-state index < -0.39 is 51.3 Å². The van der Waals surface area contributed by atoms with Crippen molar-refractivity contribution in [1.29, 1.82) is 0 Å². The lowest BCUT2D eigenvalue weighted by atomic mass is 9.69. The largest absolute Gasteiger partial charge is 0.378 e. The van der Waals surface area contributed by atoms with Gasteiger partial charge < -0.3 is 20.8 Å². The molecule has 0 aliphatic carbocycles. The fraction of sp³-hybridized carbons (Fsp3) is 0.366. The molecule has 248 valence electrons. The first-order chi connectivity index (χ1) is 21.9. The molecule has 2 amide bonds. The van der Waals surface area contributed by atoms with E-state index in [0.29, 0.717) is 22.3 Å². The van der Waals surface area contributed by atoms with Crippen LogP contribution in [0.2, 0.25) is 0 Å². The molecule has 4 N–H and O–H groups in total. The van der Waals surface area contributed by atoms with Crippen LogP contribution in [0.3, 0.4) is 0 Å². The highest BCUT2D eigenvalue weighted by Gasteiger charge is 2.52. The van der Waals surface area contributed by atoms with Crippen LogP contribution in [-0.4, -0.2) is 34.1 Å². The first kappa shape index (κ1) is 35.6. The molecule has 4 aromatic rings. The monoisotopic (exact) mass is 634 g/mol. The number of carbonyl (C=O) groups is 2. The van der Waals surface area contributed by atoms with Crippen LogP contribution >= 0.6 is 0 Å². The van der Waals surface area contributed by atoms with Gasteiger partial charge in [0.1, 0.15) is 16.6 Å². The van der Waals surface area contributed by atoms with Gasteiger partial charge in [-0.1, -0.05) is 163 Å². The van der Waals surface area contributed by atoms with E-state index in [1.54, 1.807) is 13.8 Å². The predicted molar refractivity (Wildman–Crippen MR) is 188 cm³/mol. The van der Waals surface area contributed by atoms with Gasteiger partial charge in [-0.05, 0) is 46.9 Å². The number of hydrogen-bond acceptors (Lipinski definition) is 4. The minimum absolute atomic E-state index is 0.546. The summed E-state index contributed by atoms with van der Waals surface area (Å²) < 4.78 is 0. The Morgan fingerprint density at radius 1 is 0.447 bits per heavy atom. The Morgan fingerprint density at radius 2 is 0.660 bits per heavy atom. The minimum atomic E-state index is -1.61. The van der Waals surface area contributed by atoms with Gasteiger partial charge in [-0.15, -0.1) is 0 Å². The molecular weight excluding hydrogens is 584 g/mol. The molecule has 0 radical (unpaired) electrons. The maximum absolute atomic E-state index is 14.3. The van der Waals surface area contributed by atoms with E-state index in [-0.39, 0.29) is 0 Å². The number of hydrogen-bond donors (Lipinski definition) is 4. The first-order valence-corrected chi connectivity index (χ1v) is 16.2. The van der Waals surface area contributed by atoms with Gasteiger partial charge >= 0.3 is 0 Å². The topological polar surface area (TPSA) is 98.7 Å². The molecule has 47 heavy (non-hydrogen) atoms. The van der Waals surface area contributed by atoms with Gasteiger partial charge in [-0.3, -0.25) is 9.59 Å². The standard InChI is InChI=1S/C41H50N2O4/c1-37(2,3)33(40(46,29-21-13-9-14-22-29)30-23-15-10-16-24-30)42-35(44)39(7,8)36(45)43-34(38(4,5)6)41(47,31-25-17-11-18-26-31)32-27-19-12-20-28-32/h9-28,33-34,46-47H,1-8H3,(H,42,44)(H,43,45). The fourth-order valence-corrected chi connectivity index (χ4v) is 6.39. The molecule has 4 rings (SSSR count). The molecule has 0 bridgehead atoms. The summed E-state index contributed by atoms with van der Waals surface area (Å²) in [5.74, 6) is -1.09. The molecule has 6 nitrogen and oxygen atoms in total. The first-order valence-electron chi connectivity index (χ1n) is 16.2. The van der Waals surface area contributed by atoms with Crippen LogP contribution in [0.1, 0.15) is 77.6 Å². The normalized spacial score (nSPS) is 14.2. The number of amides is 2. The number of aliphatic hydroxyl groups is 2. The third kappa shape index (κ3) is 7.19. The fourth-order valence-electron chi connectivity index (χ4n) is 6.39. The number of nitrogens with one attached hydrogen (secondary N) is 2. The van der Waals surface area contributed by atoms with Crippen LogP contribution in [-0.2, 0) is 20.8 Å². The van der Waals surface area contributed by atoms with Gasteiger partial charge in [0.25, 0.3) is 0 Å². The van der Waals surface area contributed by atoms with Crippen molar-refractivity contribution in [2.45, 2.75) is 78.7 Å². The van der Waals surface area contributed by atoms with E-state index in [9.17, 15) is 19.8 Å². The molecule has 0 aromatic heterocycles. The van der Waals surface area contributed by atoms with Crippen molar-refractivity contribution in [2.24, 2.45) is 16.2 Å². The highest BCUT2D eigenvalue weighted by molar-refractivity contribution is 6.04. The van der Waals surface area contributed by atoms with Crippen LogP contribution in [0, 0.1) is 16.2 Å². The van der Waals surface area contributed by atoms with Crippen molar-refractivity contribution in [2.75, 3.05) is 0 Å². The van der Waals surface area contributed by atoms with E-state index in [1.165, 1.54) is 0 Å². The summed E-state index contributed by atoms with van der Waals surface area (Å²) >= 11 is 0. The summed E-state index contributed by atoms with van der Waals surface area (Å²) in [6.45, 7) is 14.9. The van der Waals surface area contributed by atoms with E-state index in [1.807, 2.05) is 163 Å². The summed E-state index contributed by atoms with van der Waals surface area (Å²) in [6, 6.07) is 35.5. The van der Waals surface area contributed by atoms with Gasteiger partial charge in [0, 0.05) is 0 Å². The third-order valence-electron chi connectivity index (χ3n) is 9.11. The number of carbonyl (C=O) groups excluding carboxylic acids is 2. The molecule has 0 heterocycles. The molecule has 6 heteroatoms. The van der Waals surface area contributed by atoms with Gasteiger partial charge in [-0.2, -0.15) is 0 Å². The molecule has 0 saturated heterocycles. The Kier molecular flexibility index (Phi) is 10.2. The molecular formula is C41H50N2O4. The Morgan fingerprint density at radius 3 is 0.851 bits per heavy atom. The minimum Gasteiger partial charge on any atom is -0.378 e. The Balaban J connectivity index is 1.75. The summed E-state index contributed by atoms with van der Waals surface area (Å²) in [5, 5.41) is 31.6. The second kappa shape index (κ2) is 13.5. The summed E-state index contributed by atoms with van der Waals surface area (Å²) in [4.78, 5) is 28.7. The number of benzene rings is 4. The molecule has 0 saturated carbocycles. The maximum Gasteiger partial charge on any atom is 0.235 e. The van der Waals surface area contributed by atoms with Gasteiger partial charge in [0.2, 0.25) is 11.8 Å². The van der Waals surface area contributed by atoms with Crippen LogP contribution in [0.4, 0.5) is 0 Å². The lowest BCUT2D eigenvalue weighted by molar-refractivity contribution is -0.146. The maximum atomic E-state index is 14.3. The highest BCUT2D eigenvalue weighted by Crippen LogP contribution is 2.43. The van der Waals surface area contributed by atoms with Gasteiger partial charge in [0.05, 0.1) is 12.1 Å². The summed E-state index contributed by atoms with van der Waals surface area (Å²) in [7, 11) is 0. The Bertz CT molecular complexity index is 1420. The lowest BCUT2D eigenvalue weighted by Gasteiger charge is -2.47. The van der Waals surface area contributed by atoms with E-state index in [4.69, 9.17) is 0 Å². The van der Waals surface area contributed by atoms with E-state index in [2.05, 4.69) is 10.6 Å². The zero-order valence-electron chi connectivity index (χ0n) is 28.9. The molecule has 0 spiro atoms. The highest BCUT2D eigenvalue weighted by atomic mass is 16.3. The quantitative estimate of drug-likeness (QED) is 0.142. The van der Waals surface area contributed by atoms with Crippen LogP contribution in [0.25, 0.3) is 0 Å². The van der Waals surface area contributed by atoms with Crippen LogP contribution < -0.4 is 10.6 Å². The van der Waals surface area contributed by atoms with Crippen molar-refractivity contribution < 1.29 is 19.8 Å². The zero-order valence-corrected chi connectivity index (χ0v) is 28.9.